The summed E-state index contributed by atoms with van der Waals surface area (Å²) in [4.78, 5) is 27.6. The van der Waals surface area contributed by atoms with Crippen LogP contribution in [0.25, 0.3) is 5.76 Å². The third-order valence-electron chi connectivity index (χ3n) is 5.95. The lowest BCUT2D eigenvalue weighted by molar-refractivity contribution is -0.139. The number of rotatable bonds is 8. The Morgan fingerprint density at radius 2 is 1.71 bits per heavy atom. The maximum absolute atomic E-state index is 13.1. The van der Waals surface area contributed by atoms with Gasteiger partial charge in [0.1, 0.15) is 17.3 Å². The molecule has 1 saturated heterocycles. The minimum Gasteiger partial charge on any atom is -0.507 e. The molecule has 1 aliphatic heterocycles. The van der Waals surface area contributed by atoms with Crippen LogP contribution in [0.1, 0.15) is 70.2 Å². The Hall–Kier alpha value is -3.28. The molecule has 6 nitrogen and oxygen atoms in total. The number of nitrogens with zero attached hydrogens (tertiary/aromatic N) is 1. The highest BCUT2D eigenvalue weighted by atomic mass is 16.5. The molecule has 1 fully saturated rings. The number of ketones is 1. The fourth-order valence-corrected chi connectivity index (χ4v) is 4.26. The van der Waals surface area contributed by atoms with Crippen molar-refractivity contribution in [2.45, 2.75) is 58.9 Å². The number of benzene rings is 2. The van der Waals surface area contributed by atoms with E-state index < -0.39 is 17.7 Å². The Balaban J connectivity index is 2.15. The number of carbonyl (C=O) groups is 2. The highest BCUT2D eigenvalue weighted by Gasteiger charge is 2.45. The molecule has 0 saturated carbocycles. The first-order valence-electron chi connectivity index (χ1n) is 11.8. The third-order valence-corrected chi connectivity index (χ3v) is 5.95. The summed E-state index contributed by atoms with van der Waals surface area (Å²) in [5.74, 6) is -0.0150. The van der Waals surface area contributed by atoms with E-state index in [1.165, 1.54) is 0 Å². The fourth-order valence-electron chi connectivity index (χ4n) is 4.26. The second-order valence-electron chi connectivity index (χ2n) is 9.58. The minimum absolute atomic E-state index is 0.103. The van der Waals surface area contributed by atoms with Gasteiger partial charge < -0.3 is 19.5 Å². The van der Waals surface area contributed by atoms with Crippen molar-refractivity contribution in [1.82, 2.24) is 4.90 Å². The summed E-state index contributed by atoms with van der Waals surface area (Å²) < 4.78 is 11.2. The molecule has 1 aliphatic rings. The molecule has 1 atom stereocenters. The number of Topliss-reactive ketones (excluding diaryl/α,β-unsaturated/α-hetero) is 1. The summed E-state index contributed by atoms with van der Waals surface area (Å²) in [6.07, 6.45) is 1.59. The van der Waals surface area contributed by atoms with Crippen molar-refractivity contribution in [3.05, 3.63) is 64.7 Å². The summed E-state index contributed by atoms with van der Waals surface area (Å²) >= 11 is 0. The smallest absolute Gasteiger partial charge is 0.295 e. The Bertz CT molecular complexity index is 1080. The van der Waals surface area contributed by atoms with Crippen molar-refractivity contribution in [1.29, 1.82) is 0 Å². The molecule has 34 heavy (non-hydrogen) atoms. The van der Waals surface area contributed by atoms with Crippen LogP contribution in [0.15, 0.2) is 48.0 Å². The third kappa shape index (κ3) is 4.96. The van der Waals surface area contributed by atoms with E-state index in [-0.39, 0.29) is 16.7 Å². The van der Waals surface area contributed by atoms with Crippen LogP contribution in [0.2, 0.25) is 0 Å². The second kappa shape index (κ2) is 10.3. The highest BCUT2D eigenvalue weighted by Crippen LogP contribution is 2.41. The van der Waals surface area contributed by atoms with Gasteiger partial charge in [0.05, 0.1) is 25.3 Å². The minimum atomic E-state index is -0.671. The average molecular weight is 466 g/mol. The van der Waals surface area contributed by atoms with E-state index in [2.05, 4.69) is 20.8 Å². The molecule has 0 aliphatic carbocycles. The zero-order valence-corrected chi connectivity index (χ0v) is 21.0. The molecular formula is C28H35NO5. The summed E-state index contributed by atoms with van der Waals surface area (Å²) in [5.41, 5.74) is 1.99. The number of aliphatic hydroxyl groups is 1. The van der Waals surface area contributed by atoms with Crippen molar-refractivity contribution in [2.75, 3.05) is 20.3 Å². The summed E-state index contributed by atoms with van der Waals surface area (Å²) in [5, 5.41) is 11.4. The van der Waals surface area contributed by atoms with E-state index in [0.717, 1.165) is 23.3 Å². The first-order valence-corrected chi connectivity index (χ1v) is 11.8. The molecule has 1 N–H and O–H groups in total. The number of likely N-dealkylation sites (tertiary alicyclic amines) is 1. The number of methoxy groups -OCH3 is 1. The molecule has 3 rings (SSSR count). The number of hydrogen-bond donors (Lipinski definition) is 1. The molecule has 2 aromatic carbocycles. The van der Waals surface area contributed by atoms with Crippen LogP contribution < -0.4 is 9.47 Å². The van der Waals surface area contributed by atoms with Gasteiger partial charge in [0.2, 0.25) is 0 Å². The lowest BCUT2D eigenvalue weighted by Crippen LogP contribution is -2.30. The van der Waals surface area contributed by atoms with Gasteiger partial charge in [0, 0.05) is 17.7 Å². The van der Waals surface area contributed by atoms with Gasteiger partial charge in [-0.3, -0.25) is 9.59 Å². The van der Waals surface area contributed by atoms with Gasteiger partial charge >= 0.3 is 0 Å². The molecule has 0 radical (unpaired) electrons. The van der Waals surface area contributed by atoms with Crippen molar-refractivity contribution in [3.8, 4) is 11.5 Å². The SMILES string of the molecule is CCCOc1ccc(C2/C(=C(/O)c3ccc(OC)c(C(C)(C)C)c3)C(=O)C(=O)N2CCC)cc1. The molecule has 2 aromatic rings. The highest BCUT2D eigenvalue weighted by molar-refractivity contribution is 6.46. The molecule has 182 valence electrons. The quantitative estimate of drug-likeness (QED) is 0.311. The molecule has 0 bridgehead atoms. The maximum Gasteiger partial charge on any atom is 0.295 e. The normalized spacial score (nSPS) is 17.8. The number of hydrogen-bond acceptors (Lipinski definition) is 5. The Morgan fingerprint density at radius 1 is 1.03 bits per heavy atom. The summed E-state index contributed by atoms with van der Waals surface area (Å²) in [6, 6.07) is 12.0. The van der Waals surface area contributed by atoms with Crippen molar-refractivity contribution in [3.63, 3.8) is 0 Å². The molecule has 0 aromatic heterocycles. The predicted molar refractivity (Wildman–Crippen MR) is 133 cm³/mol. The summed E-state index contributed by atoms with van der Waals surface area (Å²) in [6.45, 7) is 11.2. The van der Waals surface area contributed by atoms with Gasteiger partial charge in [-0.25, -0.2) is 0 Å². The van der Waals surface area contributed by atoms with E-state index >= 15 is 0 Å². The lowest BCUT2D eigenvalue weighted by atomic mass is 9.84. The molecule has 0 spiro atoms. The standard InChI is InChI=1S/C28H35NO5/c1-7-15-29-24(18-9-12-20(13-10-18)34-16-8-2)23(26(31)27(29)32)25(30)19-11-14-22(33-6)21(17-19)28(3,4)5/h9-14,17,24,30H,7-8,15-16H2,1-6H3/b25-23-. The van der Waals surface area contributed by atoms with Gasteiger partial charge in [0.25, 0.3) is 11.7 Å². The zero-order chi connectivity index (χ0) is 25.0. The molecule has 1 amide bonds. The average Bonchev–Trinajstić information content (AvgIpc) is 3.07. The van der Waals surface area contributed by atoms with E-state index in [1.807, 2.05) is 44.2 Å². The van der Waals surface area contributed by atoms with Crippen LogP contribution in [0.3, 0.4) is 0 Å². The van der Waals surface area contributed by atoms with Crippen molar-refractivity contribution < 1.29 is 24.2 Å². The van der Waals surface area contributed by atoms with Crippen LogP contribution >= 0.6 is 0 Å². The van der Waals surface area contributed by atoms with Crippen LogP contribution in [-0.4, -0.2) is 42.0 Å². The van der Waals surface area contributed by atoms with Gasteiger partial charge in [-0.1, -0.05) is 46.8 Å². The molecule has 1 heterocycles. The monoisotopic (exact) mass is 465 g/mol. The Morgan fingerprint density at radius 3 is 2.26 bits per heavy atom. The van der Waals surface area contributed by atoms with E-state index in [4.69, 9.17) is 9.47 Å². The Labute approximate surface area is 202 Å². The number of ether oxygens (including phenoxy) is 2. The first-order chi connectivity index (χ1) is 16.1. The van der Waals surface area contributed by atoms with Crippen LogP contribution in [0.5, 0.6) is 11.5 Å². The predicted octanol–water partition coefficient (Wildman–Crippen LogP) is 5.61. The van der Waals surface area contributed by atoms with Gasteiger partial charge in [0.15, 0.2) is 0 Å². The van der Waals surface area contributed by atoms with Gasteiger partial charge in [-0.05, 0) is 54.2 Å². The lowest BCUT2D eigenvalue weighted by Gasteiger charge is -2.25. The molecular weight excluding hydrogens is 430 g/mol. The molecule has 6 heteroatoms. The van der Waals surface area contributed by atoms with Crippen molar-refractivity contribution in [2.24, 2.45) is 0 Å². The van der Waals surface area contributed by atoms with Crippen molar-refractivity contribution >= 4 is 17.4 Å². The van der Waals surface area contributed by atoms with Crippen LogP contribution in [0.4, 0.5) is 0 Å². The molecule has 1 unspecified atom stereocenters. The van der Waals surface area contributed by atoms with Gasteiger partial charge in [-0.15, -0.1) is 0 Å². The van der Waals surface area contributed by atoms with Crippen LogP contribution in [0, 0.1) is 0 Å². The Kier molecular flexibility index (Phi) is 7.70. The second-order valence-corrected chi connectivity index (χ2v) is 9.58. The van der Waals surface area contributed by atoms with E-state index in [1.54, 1.807) is 24.1 Å². The fraction of sp³-hybridized carbons (Fsp3) is 0.429. The first kappa shape index (κ1) is 25.3. The zero-order valence-electron chi connectivity index (χ0n) is 21.0. The maximum atomic E-state index is 13.1. The summed E-state index contributed by atoms with van der Waals surface area (Å²) in [7, 11) is 1.61. The van der Waals surface area contributed by atoms with E-state index in [0.29, 0.717) is 30.9 Å². The largest absolute Gasteiger partial charge is 0.507 e. The number of amides is 1. The van der Waals surface area contributed by atoms with Crippen LogP contribution in [-0.2, 0) is 15.0 Å². The number of aliphatic hydroxyl groups excluding tert-OH is 1. The van der Waals surface area contributed by atoms with E-state index in [9.17, 15) is 14.7 Å². The topological polar surface area (TPSA) is 76.1 Å². The van der Waals surface area contributed by atoms with Gasteiger partial charge in [-0.2, -0.15) is 0 Å². The number of carbonyl (C=O) groups excluding carboxylic acids is 2.